The Hall–Kier alpha value is -3.42. The molecule has 6 rings (SSSR count). The fourth-order valence-electron chi connectivity index (χ4n) is 5.05. The van der Waals surface area contributed by atoms with E-state index in [1.54, 1.807) is 6.20 Å². The van der Waals surface area contributed by atoms with E-state index in [2.05, 4.69) is 33.7 Å². The largest absolute Gasteiger partial charge is 0.389 e. The molecule has 4 aromatic rings. The number of nitrogens with zero attached hydrogens (tertiary/aromatic N) is 5. The van der Waals surface area contributed by atoms with Crippen LogP contribution in [-0.4, -0.2) is 27.5 Å². The van der Waals surface area contributed by atoms with Crippen LogP contribution >= 0.6 is 11.3 Å². The molecule has 2 atom stereocenters. The zero-order valence-corrected chi connectivity index (χ0v) is 19.3. The summed E-state index contributed by atoms with van der Waals surface area (Å²) >= 11 is 0.955. The van der Waals surface area contributed by atoms with Gasteiger partial charge < -0.3 is 15.4 Å². The average Bonchev–Trinajstić information content (AvgIpc) is 3.53. The van der Waals surface area contributed by atoms with Crippen molar-refractivity contribution in [3.63, 3.8) is 0 Å². The van der Waals surface area contributed by atoms with E-state index in [1.807, 2.05) is 6.07 Å². The highest BCUT2D eigenvalue weighted by molar-refractivity contribution is 7.23. The number of nitrogen functional groups attached to an aromatic ring is 1. The van der Waals surface area contributed by atoms with Crippen LogP contribution in [0.15, 0.2) is 12.4 Å². The summed E-state index contributed by atoms with van der Waals surface area (Å²) in [7, 11) is 0. The minimum atomic E-state index is -0.604. The summed E-state index contributed by atoms with van der Waals surface area (Å²) in [6.45, 7) is 5.55. The van der Waals surface area contributed by atoms with E-state index in [0.29, 0.717) is 22.8 Å². The molecule has 0 saturated carbocycles. The van der Waals surface area contributed by atoms with Crippen molar-refractivity contribution in [1.29, 1.82) is 5.26 Å². The SMILES string of the molecule is CC1CCN(c2ncc3c4c(c(-c5ncc(F)c6sc(N)c(C#N)c56)c(F)c3n2)COC4)C1C. The molecule has 34 heavy (non-hydrogen) atoms. The number of anilines is 2. The lowest BCUT2D eigenvalue weighted by Crippen LogP contribution is -2.30. The molecule has 0 aliphatic carbocycles. The van der Waals surface area contributed by atoms with Crippen molar-refractivity contribution in [2.24, 2.45) is 5.92 Å². The summed E-state index contributed by atoms with van der Waals surface area (Å²) < 4.78 is 36.7. The molecular weight excluding hydrogens is 458 g/mol. The van der Waals surface area contributed by atoms with Crippen LogP contribution in [0.3, 0.4) is 0 Å². The third kappa shape index (κ3) is 2.83. The van der Waals surface area contributed by atoms with E-state index in [9.17, 15) is 9.65 Å². The van der Waals surface area contributed by atoms with Crippen molar-refractivity contribution in [3.8, 4) is 17.3 Å². The predicted octanol–water partition coefficient (Wildman–Crippen LogP) is 4.90. The summed E-state index contributed by atoms with van der Waals surface area (Å²) in [6, 6.07) is 2.27. The maximum Gasteiger partial charge on any atom is 0.226 e. The van der Waals surface area contributed by atoms with Crippen molar-refractivity contribution in [3.05, 3.63) is 40.7 Å². The van der Waals surface area contributed by atoms with Crippen molar-refractivity contribution in [1.82, 2.24) is 15.0 Å². The van der Waals surface area contributed by atoms with Gasteiger partial charge in [-0.3, -0.25) is 4.98 Å². The van der Waals surface area contributed by atoms with Crippen LogP contribution in [0, 0.1) is 28.9 Å². The van der Waals surface area contributed by atoms with Gasteiger partial charge in [-0.1, -0.05) is 6.92 Å². The van der Waals surface area contributed by atoms with Crippen molar-refractivity contribution < 1.29 is 13.5 Å². The van der Waals surface area contributed by atoms with Crippen LogP contribution in [0.25, 0.3) is 32.2 Å². The highest BCUT2D eigenvalue weighted by Crippen LogP contribution is 2.45. The van der Waals surface area contributed by atoms with E-state index in [0.717, 1.165) is 36.1 Å². The number of pyridine rings is 1. The Balaban J connectivity index is 1.66. The minimum Gasteiger partial charge on any atom is -0.389 e. The fraction of sp³-hybridized carbons (Fsp3) is 0.333. The molecule has 172 valence electrons. The molecule has 2 aliphatic heterocycles. The Morgan fingerprint density at radius 1 is 1.21 bits per heavy atom. The molecule has 0 bridgehead atoms. The van der Waals surface area contributed by atoms with Gasteiger partial charge in [0.25, 0.3) is 0 Å². The van der Waals surface area contributed by atoms with Crippen LogP contribution in [0.4, 0.5) is 19.7 Å². The first-order valence-corrected chi connectivity index (χ1v) is 11.8. The van der Waals surface area contributed by atoms with Crippen LogP contribution < -0.4 is 10.6 Å². The summed E-state index contributed by atoms with van der Waals surface area (Å²) in [6.07, 6.45) is 3.71. The lowest BCUT2D eigenvalue weighted by Gasteiger charge is -2.24. The summed E-state index contributed by atoms with van der Waals surface area (Å²) in [5, 5.41) is 10.7. The smallest absolute Gasteiger partial charge is 0.226 e. The number of aromatic nitrogens is 3. The first-order chi connectivity index (χ1) is 16.4. The number of fused-ring (bicyclic) bond motifs is 4. The molecule has 2 N–H and O–H groups in total. The zero-order valence-electron chi connectivity index (χ0n) is 18.5. The maximum atomic E-state index is 16.3. The number of hydrogen-bond acceptors (Lipinski definition) is 8. The molecule has 10 heteroatoms. The summed E-state index contributed by atoms with van der Waals surface area (Å²) in [5.41, 5.74) is 7.98. The highest BCUT2D eigenvalue weighted by Gasteiger charge is 2.32. The first-order valence-electron chi connectivity index (χ1n) is 11.0. The number of thiophene rings is 1. The lowest BCUT2D eigenvalue weighted by molar-refractivity contribution is 0.135. The summed E-state index contributed by atoms with van der Waals surface area (Å²) in [4.78, 5) is 15.5. The Labute approximate surface area is 197 Å². The minimum absolute atomic E-state index is 0.0948. The highest BCUT2D eigenvalue weighted by atomic mass is 32.1. The van der Waals surface area contributed by atoms with E-state index < -0.39 is 11.6 Å². The molecule has 1 aromatic carbocycles. The van der Waals surface area contributed by atoms with Gasteiger partial charge in [-0.05, 0) is 30.4 Å². The molecule has 5 heterocycles. The molecule has 0 spiro atoms. The average molecular weight is 479 g/mol. The predicted molar refractivity (Wildman–Crippen MR) is 126 cm³/mol. The monoisotopic (exact) mass is 478 g/mol. The molecule has 0 radical (unpaired) electrons. The van der Waals surface area contributed by atoms with Crippen molar-refractivity contribution in [2.75, 3.05) is 17.2 Å². The van der Waals surface area contributed by atoms with Gasteiger partial charge in [0.1, 0.15) is 16.6 Å². The maximum absolute atomic E-state index is 16.3. The molecule has 0 amide bonds. The number of rotatable bonds is 2. The number of halogens is 2. The zero-order chi connectivity index (χ0) is 23.7. The quantitative estimate of drug-likeness (QED) is 0.437. The van der Waals surface area contributed by atoms with Crippen LogP contribution in [0.5, 0.6) is 0 Å². The van der Waals surface area contributed by atoms with E-state index in [1.165, 1.54) is 0 Å². The third-order valence-electron chi connectivity index (χ3n) is 7.13. The van der Waals surface area contributed by atoms with E-state index in [-0.39, 0.29) is 56.7 Å². The van der Waals surface area contributed by atoms with Gasteiger partial charge >= 0.3 is 0 Å². The molecule has 7 nitrogen and oxygen atoms in total. The van der Waals surface area contributed by atoms with Gasteiger partial charge in [0.15, 0.2) is 11.6 Å². The second-order valence-corrected chi connectivity index (χ2v) is 9.94. The number of benzene rings is 1. The topological polar surface area (TPSA) is 101 Å². The van der Waals surface area contributed by atoms with Crippen LogP contribution in [-0.2, 0) is 18.0 Å². The van der Waals surface area contributed by atoms with Gasteiger partial charge in [-0.2, -0.15) is 5.26 Å². The molecule has 1 saturated heterocycles. The van der Waals surface area contributed by atoms with E-state index >= 15 is 4.39 Å². The number of ether oxygens (including phenoxy) is 1. The Kier molecular flexibility index (Phi) is 4.69. The fourth-order valence-corrected chi connectivity index (χ4v) is 5.97. The molecule has 2 unspecified atom stereocenters. The molecule has 2 aliphatic rings. The lowest BCUT2D eigenvalue weighted by atomic mass is 9.94. The Bertz CT molecular complexity index is 1550. The standard InChI is InChI=1S/C24H20F2N6OS/c1-10-3-4-32(11(10)2)24-30-6-13-14-8-33-9-15(14)17(19(26)20(13)31-24)21-18-12(5-27)23(28)34-22(18)16(25)7-29-21/h6-7,10-11H,3-4,8-9,28H2,1-2H3. The molecule has 1 fully saturated rings. The first kappa shape index (κ1) is 21.1. The normalized spacial score (nSPS) is 19.8. The van der Waals surface area contributed by atoms with Crippen molar-refractivity contribution >= 4 is 43.3 Å². The van der Waals surface area contributed by atoms with Gasteiger partial charge in [0, 0.05) is 35.1 Å². The number of nitriles is 1. The number of hydrogen-bond donors (Lipinski definition) is 1. The van der Waals surface area contributed by atoms with Gasteiger partial charge in [0.05, 0.1) is 35.4 Å². The molecule has 3 aromatic heterocycles. The van der Waals surface area contributed by atoms with E-state index in [4.69, 9.17) is 10.5 Å². The van der Waals surface area contributed by atoms with Gasteiger partial charge in [0.2, 0.25) is 5.95 Å². The van der Waals surface area contributed by atoms with Crippen LogP contribution in [0.2, 0.25) is 0 Å². The van der Waals surface area contributed by atoms with Gasteiger partial charge in [-0.15, -0.1) is 11.3 Å². The molecular formula is C24H20F2N6OS. The number of nitrogens with two attached hydrogens (primary N) is 1. The third-order valence-corrected chi connectivity index (χ3v) is 8.16. The second kappa shape index (κ2) is 7.55. The second-order valence-electron chi connectivity index (χ2n) is 8.88. The van der Waals surface area contributed by atoms with Gasteiger partial charge in [-0.25, -0.2) is 18.7 Å². The summed E-state index contributed by atoms with van der Waals surface area (Å²) in [5.74, 6) is -0.231. The van der Waals surface area contributed by atoms with Crippen LogP contribution in [0.1, 0.15) is 37.0 Å². The Morgan fingerprint density at radius 3 is 2.74 bits per heavy atom. The Morgan fingerprint density at radius 2 is 2.00 bits per heavy atom. The van der Waals surface area contributed by atoms with Crippen molar-refractivity contribution in [2.45, 2.75) is 39.5 Å².